The van der Waals surface area contributed by atoms with Gasteiger partial charge in [-0.05, 0) is 53.4 Å². The minimum Gasteiger partial charge on any atom is -0.493 e. The molecule has 0 aliphatic carbocycles. The lowest BCUT2D eigenvalue weighted by Crippen LogP contribution is -2.01. The second-order valence-corrected chi connectivity index (χ2v) is 8.03. The van der Waals surface area contributed by atoms with Gasteiger partial charge in [-0.15, -0.1) is 0 Å². The van der Waals surface area contributed by atoms with Crippen LogP contribution in [0.1, 0.15) is 56.6 Å². The molecular weight excluding hydrogens is 390 g/mol. The largest absolute Gasteiger partial charge is 0.493 e. The number of hydrogen-bond acceptors (Lipinski definition) is 2. The lowest BCUT2D eigenvalue weighted by molar-refractivity contribution is 0.304. The summed E-state index contributed by atoms with van der Waals surface area (Å²) in [5.74, 6) is 0.884. The molecule has 0 unspecified atom stereocenters. The van der Waals surface area contributed by atoms with Crippen molar-refractivity contribution in [2.45, 2.75) is 45.4 Å². The topological polar surface area (TPSA) is 21.3 Å². The van der Waals surface area contributed by atoms with Crippen molar-refractivity contribution in [2.24, 2.45) is 0 Å². The van der Waals surface area contributed by atoms with Crippen molar-refractivity contribution in [2.75, 3.05) is 11.9 Å². The van der Waals surface area contributed by atoms with E-state index in [-0.39, 0.29) is 0 Å². The van der Waals surface area contributed by atoms with Crippen LogP contribution in [0.15, 0.2) is 79.9 Å². The van der Waals surface area contributed by atoms with Gasteiger partial charge in [0.1, 0.15) is 5.75 Å². The quantitative estimate of drug-likeness (QED) is 0.276. The summed E-state index contributed by atoms with van der Waals surface area (Å²) < 4.78 is 6.12. The molecule has 1 N–H and O–H groups in total. The third-order valence-corrected chi connectivity index (χ3v) is 5.67. The van der Waals surface area contributed by atoms with Gasteiger partial charge < -0.3 is 10.1 Å². The minimum atomic E-state index is 0.739. The van der Waals surface area contributed by atoms with Crippen LogP contribution < -0.4 is 10.1 Å². The first-order chi connectivity index (χ1) is 15.8. The van der Waals surface area contributed by atoms with Gasteiger partial charge in [-0.3, -0.25) is 0 Å². The number of para-hydroxylation sites is 1. The average molecular weight is 426 g/mol. The molecule has 0 atom stereocenters. The highest BCUT2D eigenvalue weighted by Crippen LogP contribution is 2.35. The highest BCUT2D eigenvalue weighted by molar-refractivity contribution is 5.83. The summed E-state index contributed by atoms with van der Waals surface area (Å²) in [5, 5.41) is 3.43. The Morgan fingerprint density at radius 2 is 1.38 bits per heavy atom. The van der Waals surface area contributed by atoms with E-state index in [1.54, 1.807) is 0 Å². The fraction of sp³-hybridized carbons (Fsp3) is 0.267. The monoisotopic (exact) mass is 425 g/mol. The number of benzene rings is 3. The first kappa shape index (κ1) is 23.4. The maximum Gasteiger partial charge on any atom is 0.127 e. The highest BCUT2D eigenvalue weighted by atomic mass is 16.5. The predicted octanol–water partition coefficient (Wildman–Crippen LogP) is 9.12. The molecule has 0 bridgehead atoms. The maximum atomic E-state index is 6.12. The lowest BCUT2D eigenvalue weighted by atomic mass is 9.94. The van der Waals surface area contributed by atoms with Crippen LogP contribution in [0.2, 0.25) is 0 Å². The van der Waals surface area contributed by atoms with Crippen LogP contribution >= 0.6 is 0 Å². The molecule has 0 amide bonds. The van der Waals surface area contributed by atoms with Gasteiger partial charge in [0.2, 0.25) is 0 Å². The third-order valence-electron chi connectivity index (χ3n) is 5.67. The van der Waals surface area contributed by atoms with Crippen molar-refractivity contribution in [3.05, 3.63) is 91.0 Å². The van der Waals surface area contributed by atoms with Gasteiger partial charge in [-0.1, -0.05) is 101 Å². The van der Waals surface area contributed by atoms with Crippen molar-refractivity contribution in [1.29, 1.82) is 0 Å². The number of hydrogen-bond donors (Lipinski definition) is 1. The predicted molar refractivity (Wildman–Crippen MR) is 141 cm³/mol. The zero-order chi connectivity index (χ0) is 22.6. The van der Waals surface area contributed by atoms with Crippen LogP contribution in [0.3, 0.4) is 0 Å². The van der Waals surface area contributed by atoms with Crippen LogP contribution in [0, 0.1) is 0 Å². The molecule has 3 aromatic rings. The molecule has 0 saturated carbocycles. The molecule has 3 rings (SSSR count). The zero-order valence-electron chi connectivity index (χ0n) is 19.3. The summed E-state index contributed by atoms with van der Waals surface area (Å²) in [6.07, 6.45) is 11.3. The average Bonchev–Trinajstić information content (AvgIpc) is 2.84. The van der Waals surface area contributed by atoms with Crippen LogP contribution in [0.25, 0.3) is 23.3 Å². The Balaban J connectivity index is 1.70. The van der Waals surface area contributed by atoms with Gasteiger partial charge in [-0.25, -0.2) is 0 Å². The van der Waals surface area contributed by atoms with Gasteiger partial charge in [0.25, 0.3) is 0 Å². The third kappa shape index (κ3) is 6.37. The fourth-order valence-electron chi connectivity index (χ4n) is 3.91. The molecule has 0 aromatic heterocycles. The Hall–Kier alpha value is -3.26. The number of anilines is 2. The van der Waals surface area contributed by atoms with E-state index in [0.29, 0.717) is 0 Å². The highest BCUT2D eigenvalue weighted by Gasteiger charge is 2.12. The first-order valence-electron chi connectivity index (χ1n) is 11.7. The van der Waals surface area contributed by atoms with E-state index in [1.807, 2.05) is 30.4 Å². The van der Waals surface area contributed by atoms with Gasteiger partial charge in [0, 0.05) is 16.9 Å². The number of unbranched alkanes of at least 4 members (excludes halogenated alkanes) is 5. The smallest absolute Gasteiger partial charge is 0.127 e. The van der Waals surface area contributed by atoms with E-state index in [9.17, 15) is 0 Å². The van der Waals surface area contributed by atoms with Crippen LogP contribution in [0.5, 0.6) is 5.75 Å². The summed E-state index contributed by atoms with van der Waals surface area (Å²) >= 11 is 0. The Morgan fingerprint density at radius 1 is 0.719 bits per heavy atom. The summed E-state index contributed by atoms with van der Waals surface area (Å²) in [6, 6.07) is 22.9. The van der Waals surface area contributed by atoms with E-state index in [1.165, 1.54) is 32.1 Å². The summed E-state index contributed by atoms with van der Waals surface area (Å²) in [4.78, 5) is 0. The van der Waals surface area contributed by atoms with Crippen molar-refractivity contribution < 1.29 is 4.74 Å². The number of rotatable bonds is 13. The molecule has 2 nitrogen and oxygen atoms in total. The number of nitrogens with one attached hydrogen (secondary N) is 1. The van der Waals surface area contributed by atoms with Crippen molar-refractivity contribution in [3.8, 4) is 16.9 Å². The molecule has 3 aromatic carbocycles. The Kier molecular flexibility index (Phi) is 9.19. The zero-order valence-corrected chi connectivity index (χ0v) is 19.3. The van der Waals surface area contributed by atoms with Crippen LogP contribution in [-0.4, -0.2) is 6.61 Å². The molecule has 0 saturated heterocycles. The molecule has 0 heterocycles. The van der Waals surface area contributed by atoms with E-state index in [0.717, 1.165) is 52.4 Å². The van der Waals surface area contributed by atoms with Crippen molar-refractivity contribution in [1.82, 2.24) is 0 Å². The van der Waals surface area contributed by atoms with Gasteiger partial charge >= 0.3 is 0 Å². The van der Waals surface area contributed by atoms with E-state index >= 15 is 0 Å². The molecule has 0 aliphatic rings. The molecule has 0 fully saturated rings. The Morgan fingerprint density at radius 3 is 2.06 bits per heavy atom. The molecule has 0 radical (unpaired) electrons. The van der Waals surface area contributed by atoms with E-state index in [4.69, 9.17) is 4.74 Å². The molecule has 2 heteroatoms. The van der Waals surface area contributed by atoms with E-state index in [2.05, 4.69) is 73.9 Å². The normalized spacial score (nSPS) is 10.5. The molecule has 166 valence electrons. The second-order valence-electron chi connectivity index (χ2n) is 8.03. The SMILES string of the molecule is C=Cc1c(OCCCCCCCC)ccc(-c2ccc(Nc3ccccc3)cc2)c1C=C. The summed E-state index contributed by atoms with van der Waals surface area (Å²) in [5.41, 5.74) is 6.48. The maximum absolute atomic E-state index is 6.12. The van der Waals surface area contributed by atoms with Crippen molar-refractivity contribution >= 4 is 23.5 Å². The van der Waals surface area contributed by atoms with E-state index < -0.39 is 0 Å². The second kappa shape index (κ2) is 12.6. The molecule has 32 heavy (non-hydrogen) atoms. The minimum absolute atomic E-state index is 0.739. The lowest BCUT2D eigenvalue weighted by Gasteiger charge is -2.16. The van der Waals surface area contributed by atoms with Crippen LogP contribution in [-0.2, 0) is 0 Å². The van der Waals surface area contributed by atoms with Crippen molar-refractivity contribution in [3.63, 3.8) is 0 Å². The summed E-state index contributed by atoms with van der Waals surface area (Å²) in [6.45, 7) is 11.1. The molecule has 0 aliphatic heterocycles. The Bertz CT molecular complexity index is 989. The Labute approximate surface area is 193 Å². The standard InChI is InChI=1S/C30H35NO/c1-4-7-8-9-10-14-23-32-30-22-21-29(27(5-2)28(30)6-3)24-17-19-26(20-18-24)31-25-15-12-11-13-16-25/h5-6,11-13,15-22,31H,2-4,7-10,14,23H2,1H3. The number of ether oxygens (including phenoxy) is 1. The van der Waals surface area contributed by atoms with Gasteiger partial charge in [-0.2, -0.15) is 0 Å². The fourth-order valence-corrected chi connectivity index (χ4v) is 3.91. The first-order valence-corrected chi connectivity index (χ1v) is 11.7. The molecule has 0 spiro atoms. The van der Waals surface area contributed by atoms with Gasteiger partial charge in [0.15, 0.2) is 0 Å². The molecular formula is C30H35NO. The van der Waals surface area contributed by atoms with Gasteiger partial charge in [0.05, 0.1) is 6.61 Å². The summed E-state index contributed by atoms with van der Waals surface area (Å²) in [7, 11) is 0. The van der Waals surface area contributed by atoms with Crippen LogP contribution in [0.4, 0.5) is 11.4 Å².